The van der Waals surface area contributed by atoms with Gasteiger partial charge in [0.1, 0.15) is 0 Å². The lowest BCUT2D eigenvalue weighted by atomic mass is 9.85. The molecule has 0 radical (unpaired) electrons. The second-order valence-electron chi connectivity index (χ2n) is 4.56. The van der Waals surface area contributed by atoms with Crippen molar-refractivity contribution in [2.75, 3.05) is 6.61 Å². The van der Waals surface area contributed by atoms with Gasteiger partial charge in [0, 0.05) is 13.0 Å². The van der Waals surface area contributed by atoms with E-state index in [4.69, 9.17) is 4.74 Å². The highest BCUT2D eigenvalue weighted by Gasteiger charge is 2.25. The van der Waals surface area contributed by atoms with Crippen LogP contribution >= 0.6 is 0 Å². The molecule has 4 heteroatoms. The van der Waals surface area contributed by atoms with Crippen LogP contribution in [0, 0.1) is 11.8 Å². The molecule has 1 unspecified atom stereocenters. The first-order valence-corrected chi connectivity index (χ1v) is 6.35. The van der Waals surface area contributed by atoms with Crippen LogP contribution in [0.5, 0.6) is 0 Å². The number of nitrogens with one attached hydrogen (secondary N) is 1. The Morgan fingerprint density at radius 3 is 2.24 bits per heavy atom. The average Bonchev–Trinajstić information content (AvgIpc) is 2.25. The lowest BCUT2D eigenvalue weighted by molar-refractivity contribution is -0.144. The van der Waals surface area contributed by atoms with Crippen LogP contribution in [-0.2, 0) is 14.3 Å². The van der Waals surface area contributed by atoms with Crippen molar-refractivity contribution >= 4 is 11.9 Å². The van der Waals surface area contributed by atoms with E-state index in [0.717, 1.165) is 6.42 Å². The lowest BCUT2D eigenvalue weighted by Crippen LogP contribution is -2.42. The van der Waals surface area contributed by atoms with Crippen molar-refractivity contribution in [3.8, 4) is 0 Å². The molecule has 1 N–H and O–H groups in total. The van der Waals surface area contributed by atoms with Gasteiger partial charge in [-0.2, -0.15) is 0 Å². The monoisotopic (exact) mass is 243 g/mol. The fraction of sp³-hybridized carbons (Fsp3) is 0.846. The van der Waals surface area contributed by atoms with Crippen molar-refractivity contribution in [3.63, 3.8) is 0 Å². The number of esters is 1. The molecule has 1 amide bonds. The maximum absolute atomic E-state index is 11.5. The molecule has 0 aliphatic carbocycles. The molecule has 0 saturated carbocycles. The number of carbonyl (C=O) groups is 2. The predicted molar refractivity (Wildman–Crippen MR) is 67.5 cm³/mol. The summed E-state index contributed by atoms with van der Waals surface area (Å²) in [5.41, 5.74) is 0. The summed E-state index contributed by atoms with van der Waals surface area (Å²) >= 11 is 0. The Morgan fingerprint density at radius 1 is 1.24 bits per heavy atom. The Kier molecular flexibility index (Phi) is 7.59. The Labute approximate surface area is 104 Å². The Morgan fingerprint density at radius 2 is 1.82 bits per heavy atom. The highest BCUT2D eigenvalue weighted by molar-refractivity contribution is 5.75. The highest BCUT2D eigenvalue weighted by atomic mass is 16.5. The molecule has 17 heavy (non-hydrogen) atoms. The minimum absolute atomic E-state index is 0.102. The van der Waals surface area contributed by atoms with E-state index in [1.807, 2.05) is 0 Å². The molecule has 100 valence electrons. The van der Waals surface area contributed by atoms with Crippen LogP contribution in [0.3, 0.4) is 0 Å². The van der Waals surface area contributed by atoms with Gasteiger partial charge in [0.15, 0.2) is 0 Å². The van der Waals surface area contributed by atoms with Gasteiger partial charge >= 0.3 is 5.97 Å². The summed E-state index contributed by atoms with van der Waals surface area (Å²) in [6.45, 7) is 9.93. The first kappa shape index (κ1) is 15.9. The second-order valence-corrected chi connectivity index (χ2v) is 4.56. The van der Waals surface area contributed by atoms with Gasteiger partial charge in [-0.3, -0.25) is 9.59 Å². The predicted octanol–water partition coefficient (Wildman–Crippen LogP) is 2.13. The Balaban J connectivity index is 4.51. The molecular weight excluding hydrogens is 218 g/mol. The number of rotatable bonds is 7. The third-order valence-electron chi connectivity index (χ3n) is 3.26. The molecule has 0 fully saturated rings. The van der Waals surface area contributed by atoms with E-state index in [2.05, 4.69) is 26.1 Å². The van der Waals surface area contributed by atoms with Gasteiger partial charge in [0.25, 0.3) is 0 Å². The van der Waals surface area contributed by atoms with Crippen LogP contribution in [0.25, 0.3) is 0 Å². The molecule has 0 saturated heterocycles. The van der Waals surface area contributed by atoms with Gasteiger partial charge in [-0.15, -0.1) is 0 Å². The molecule has 0 aliphatic heterocycles. The first-order valence-electron chi connectivity index (χ1n) is 6.35. The van der Waals surface area contributed by atoms with Gasteiger partial charge in [0.2, 0.25) is 5.91 Å². The van der Waals surface area contributed by atoms with Gasteiger partial charge in [-0.05, 0) is 18.8 Å². The van der Waals surface area contributed by atoms with Crippen LogP contribution in [0.2, 0.25) is 0 Å². The quantitative estimate of drug-likeness (QED) is 0.697. The van der Waals surface area contributed by atoms with Crippen LogP contribution < -0.4 is 5.32 Å². The smallest absolute Gasteiger partial charge is 0.307 e. The fourth-order valence-corrected chi connectivity index (χ4v) is 1.80. The number of hydrogen-bond donors (Lipinski definition) is 1. The maximum atomic E-state index is 11.5. The van der Waals surface area contributed by atoms with E-state index < -0.39 is 0 Å². The van der Waals surface area contributed by atoms with Crippen molar-refractivity contribution < 1.29 is 14.3 Å². The summed E-state index contributed by atoms with van der Waals surface area (Å²) in [5, 5.41) is 2.84. The molecule has 0 aromatic carbocycles. The zero-order valence-electron chi connectivity index (χ0n) is 11.6. The third-order valence-corrected chi connectivity index (χ3v) is 3.26. The van der Waals surface area contributed by atoms with Crippen LogP contribution in [0.1, 0.15) is 47.5 Å². The number of amides is 1. The van der Waals surface area contributed by atoms with E-state index in [-0.39, 0.29) is 30.3 Å². The molecule has 0 bridgehead atoms. The first-order chi connectivity index (χ1) is 7.92. The van der Waals surface area contributed by atoms with Gasteiger partial charge in [-0.1, -0.05) is 27.2 Å². The summed E-state index contributed by atoms with van der Waals surface area (Å²) in [5.74, 6) is 0.366. The fourth-order valence-electron chi connectivity index (χ4n) is 1.80. The molecule has 0 aromatic heterocycles. The van der Waals surface area contributed by atoms with Crippen molar-refractivity contribution in [1.82, 2.24) is 5.32 Å². The van der Waals surface area contributed by atoms with Crippen molar-refractivity contribution in [3.05, 3.63) is 0 Å². The molecule has 0 rings (SSSR count). The molecule has 0 aromatic rings. The second kappa shape index (κ2) is 8.09. The summed E-state index contributed by atoms with van der Waals surface area (Å²) in [4.78, 5) is 22.6. The van der Waals surface area contributed by atoms with E-state index >= 15 is 0 Å². The van der Waals surface area contributed by atoms with Crippen molar-refractivity contribution in [2.45, 2.75) is 53.5 Å². The topological polar surface area (TPSA) is 55.4 Å². The number of carbonyl (C=O) groups excluding carboxylic acids is 2. The molecule has 0 spiro atoms. The van der Waals surface area contributed by atoms with E-state index in [9.17, 15) is 9.59 Å². The van der Waals surface area contributed by atoms with Gasteiger partial charge in [0.05, 0.1) is 13.0 Å². The molecule has 0 heterocycles. The van der Waals surface area contributed by atoms with Gasteiger partial charge in [-0.25, -0.2) is 0 Å². The Bertz CT molecular complexity index is 253. The largest absolute Gasteiger partial charge is 0.466 e. The summed E-state index contributed by atoms with van der Waals surface area (Å²) in [6, 6.07) is -0.138. The summed E-state index contributed by atoms with van der Waals surface area (Å²) in [6.07, 6.45) is 1.28. The van der Waals surface area contributed by atoms with Crippen molar-refractivity contribution in [2.24, 2.45) is 11.8 Å². The minimum atomic E-state index is -0.249. The lowest BCUT2D eigenvalue weighted by Gasteiger charge is -2.28. The highest BCUT2D eigenvalue weighted by Crippen LogP contribution is 2.20. The van der Waals surface area contributed by atoms with E-state index in [0.29, 0.717) is 12.5 Å². The minimum Gasteiger partial charge on any atom is -0.466 e. The molecule has 4 nitrogen and oxygen atoms in total. The van der Waals surface area contributed by atoms with Crippen LogP contribution in [0.4, 0.5) is 0 Å². The van der Waals surface area contributed by atoms with E-state index in [1.165, 1.54) is 6.92 Å². The zero-order chi connectivity index (χ0) is 13.4. The van der Waals surface area contributed by atoms with E-state index in [1.54, 1.807) is 6.92 Å². The van der Waals surface area contributed by atoms with Gasteiger partial charge < -0.3 is 10.1 Å². The molecule has 0 aliphatic rings. The molecular formula is C13H25NO3. The molecule has 3 atom stereocenters. The summed E-state index contributed by atoms with van der Waals surface area (Å²) < 4.78 is 4.93. The van der Waals surface area contributed by atoms with Crippen molar-refractivity contribution in [1.29, 1.82) is 0 Å². The normalized spacial score (nSPS) is 15.8. The standard InChI is InChI=1S/C13H25NO3/c1-6-9(3)10(4)12(14-11(5)15)8-13(16)17-7-2/h9-10,12H,6-8H2,1-5H3,(H,14,15)/t9-,10?,12-/m1/s1. The summed E-state index contributed by atoms with van der Waals surface area (Å²) in [7, 11) is 0. The third kappa shape index (κ3) is 6.29. The SMILES string of the molecule is CCOC(=O)C[C@@H](NC(C)=O)C(C)[C@H](C)CC. The van der Waals surface area contributed by atoms with Crippen LogP contribution in [-0.4, -0.2) is 24.5 Å². The van der Waals surface area contributed by atoms with Crippen LogP contribution in [0.15, 0.2) is 0 Å². The zero-order valence-corrected chi connectivity index (χ0v) is 11.6. The maximum Gasteiger partial charge on any atom is 0.307 e. The average molecular weight is 243 g/mol. The number of ether oxygens (including phenoxy) is 1. The number of hydrogen-bond acceptors (Lipinski definition) is 3. The Hall–Kier alpha value is -1.06.